The molecule has 214 valence electrons. The summed E-state index contributed by atoms with van der Waals surface area (Å²) in [5.41, 5.74) is 0.704. The molecule has 0 spiro atoms. The number of rotatable bonds is 7. The lowest BCUT2D eigenvalue weighted by atomic mass is 9.67. The average Bonchev–Trinajstić information content (AvgIpc) is 3.21. The van der Waals surface area contributed by atoms with Crippen LogP contribution >= 0.6 is 0 Å². The summed E-state index contributed by atoms with van der Waals surface area (Å²) in [7, 11) is -3.89. The number of carbonyl (C=O) groups excluding carboxylic acids is 1. The number of sulfonamides is 1. The van der Waals surface area contributed by atoms with E-state index in [1.807, 2.05) is 45.0 Å². The maximum Gasteiger partial charge on any atom is 0.246 e. The van der Waals surface area contributed by atoms with Crippen molar-refractivity contribution in [2.75, 3.05) is 32.7 Å². The average molecular weight is 564 g/mol. The van der Waals surface area contributed by atoms with Gasteiger partial charge in [0, 0.05) is 31.6 Å². The minimum atomic E-state index is -3.89. The number of ketones is 1. The zero-order valence-electron chi connectivity index (χ0n) is 24.6. The Morgan fingerprint density at radius 3 is 2.23 bits per heavy atom. The summed E-state index contributed by atoms with van der Waals surface area (Å²) in [6.07, 6.45) is 1.81. The molecule has 3 atom stereocenters. The maximum absolute atomic E-state index is 14.1. The van der Waals surface area contributed by atoms with Gasteiger partial charge in [-0.2, -0.15) is 9.57 Å². The van der Waals surface area contributed by atoms with E-state index in [0.29, 0.717) is 37.5 Å². The Kier molecular flexibility index (Phi) is 7.18. The fourth-order valence-corrected chi connectivity index (χ4v) is 9.19. The zero-order chi connectivity index (χ0) is 29.1. The quantitative estimate of drug-likeness (QED) is 0.442. The fraction of sp³-hybridized carbons (Fsp3) is 0.562. The van der Waals surface area contributed by atoms with Crippen molar-refractivity contribution in [3.05, 3.63) is 53.1 Å². The van der Waals surface area contributed by atoms with Crippen molar-refractivity contribution >= 4 is 15.8 Å². The van der Waals surface area contributed by atoms with Crippen molar-refractivity contribution in [2.45, 2.75) is 65.7 Å². The predicted octanol–water partition coefficient (Wildman–Crippen LogP) is 5.50. The number of aryl methyl sites for hydroxylation is 2. The summed E-state index contributed by atoms with van der Waals surface area (Å²) in [6.45, 7) is 15.3. The normalized spacial score (nSPS) is 28.5. The molecular formula is C32H41N3O4S. The molecule has 2 aromatic rings. The molecule has 0 amide bonds. The molecule has 1 saturated heterocycles. The highest BCUT2D eigenvalue weighted by molar-refractivity contribution is 7.89. The molecule has 40 heavy (non-hydrogen) atoms. The molecule has 1 aliphatic heterocycles. The summed E-state index contributed by atoms with van der Waals surface area (Å²) in [5.74, 6) is 0.753. The molecule has 3 fully saturated rings. The molecule has 3 unspecified atom stereocenters. The van der Waals surface area contributed by atoms with Crippen LogP contribution in [0.4, 0.5) is 0 Å². The summed E-state index contributed by atoms with van der Waals surface area (Å²) >= 11 is 0. The first-order valence-corrected chi connectivity index (χ1v) is 15.8. The van der Waals surface area contributed by atoms with Crippen LogP contribution in [0.25, 0.3) is 0 Å². The number of hydrogen-bond donors (Lipinski definition) is 0. The smallest absolute Gasteiger partial charge is 0.246 e. The third kappa shape index (κ3) is 4.38. The number of carbonyl (C=O) groups is 1. The first-order chi connectivity index (χ1) is 18.8. The van der Waals surface area contributed by atoms with E-state index in [1.54, 1.807) is 12.1 Å². The molecule has 2 bridgehead atoms. The standard InChI is InChI=1S/C32H41N3O4S/c1-7-34-12-14-35(15-13-34)40(37,38)27-19-24(8-9-26(27)39-25-17-22(2)16-23(3)18-25)20-32(21-33)28-10-11-31(6,29(32)36)30(28,4)5/h8-9,16-19,28H,7,10-15,20H2,1-6H3. The SMILES string of the molecule is CCN1CCN(S(=O)(=O)c2cc(CC3(C#N)C(=O)C4(C)CCC3C4(C)C)ccc2Oc2cc(C)cc(C)c2)CC1. The number of likely N-dealkylation sites (N-methyl/N-ethyl adjacent to an activating group) is 1. The third-order valence-corrected chi connectivity index (χ3v) is 12.2. The van der Waals surface area contributed by atoms with E-state index in [1.165, 1.54) is 4.31 Å². The number of benzene rings is 2. The molecule has 2 aromatic carbocycles. The maximum atomic E-state index is 14.1. The van der Waals surface area contributed by atoms with Crippen molar-refractivity contribution in [1.82, 2.24) is 9.21 Å². The molecule has 8 heteroatoms. The Hall–Kier alpha value is -2.73. The Bertz CT molecular complexity index is 1470. The van der Waals surface area contributed by atoms with Gasteiger partial charge in [0.25, 0.3) is 0 Å². The summed E-state index contributed by atoms with van der Waals surface area (Å²) in [6, 6.07) is 13.4. The van der Waals surface area contributed by atoms with Crippen LogP contribution in [-0.2, 0) is 21.2 Å². The van der Waals surface area contributed by atoms with Crippen molar-refractivity contribution in [2.24, 2.45) is 22.2 Å². The lowest BCUT2D eigenvalue weighted by molar-refractivity contribution is -0.134. The number of Topliss-reactive ketones (excluding diaryl/α,β-unsaturated/α-hetero) is 1. The Labute approximate surface area is 239 Å². The molecule has 2 saturated carbocycles. The van der Waals surface area contributed by atoms with Gasteiger partial charge in [0.15, 0.2) is 5.78 Å². The van der Waals surface area contributed by atoms with Gasteiger partial charge < -0.3 is 9.64 Å². The topological polar surface area (TPSA) is 90.7 Å². The van der Waals surface area contributed by atoms with Gasteiger partial charge in [-0.05, 0) is 91.9 Å². The first-order valence-electron chi connectivity index (χ1n) is 14.4. The lowest BCUT2D eigenvalue weighted by Gasteiger charge is -2.34. The predicted molar refractivity (Wildman–Crippen MR) is 155 cm³/mol. The van der Waals surface area contributed by atoms with Crippen LogP contribution in [0.15, 0.2) is 41.3 Å². The summed E-state index contributed by atoms with van der Waals surface area (Å²) in [4.78, 5) is 16.2. The molecule has 0 aromatic heterocycles. The first kappa shape index (κ1) is 28.8. The van der Waals surface area contributed by atoms with Gasteiger partial charge in [-0.25, -0.2) is 8.42 Å². The minimum absolute atomic E-state index is 0.000549. The second-order valence-corrected chi connectivity index (χ2v) is 14.7. The molecule has 1 heterocycles. The van der Waals surface area contributed by atoms with E-state index in [9.17, 15) is 18.5 Å². The second kappa shape index (κ2) is 9.97. The fourth-order valence-electron chi connectivity index (χ4n) is 7.61. The van der Waals surface area contributed by atoms with Gasteiger partial charge >= 0.3 is 0 Å². The highest BCUT2D eigenvalue weighted by Crippen LogP contribution is 2.70. The van der Waals surface area contributed by atoms with Crippen LogP contribution in [0, 0.1) is 47.3 Å². The number of nitriles is 1. The number of fused-ring (bicyclic) bond motifs is 2. The number of piperazine rings is 1. The van der Waals surface area contributed by atoms with Gasteiger partial charge in [-0.3, -0.25) is 4.79 Å². The zero-order valence-corrected chi connectivity index (χ0v) is 25.4. The number of nitrogens with zero attached hydrogens (tertiary/aromatic N) is 3. The van der Waals surface area contributed by atoms with Crippen molar-refractivity contribution in [1.29, 1.82) is 5.26 Å². The minimum Gasteiger partial charge on any atom is -0.456 e. The van der Waals surface area contributed by atoms with Gasteiger partial charge in [0.2, 0.25) is 10.0 Å². The van der Waals surface area contributed by atoms with Crippen LogP contribution < -0.4 is 4.74 Å². The molecule has 0 N–H and O–H groups in total. The van der Waals surface area contributed by atoms with E-state index < -0.39 is 20.9 Å². The van der Waals surface area contributed by atoms with Crippen molar-refractivity contribution < 1.29 is 17.9 Å². The van der Waals surface area contributed by atoms with Gasteiger partial charge in [0.1, 0.15) is 21.8 Å². The Morgan fingerprint density at radius 1 is 1.02 bits per heavy atom. The van der Waals surface area contributed by atoms with Crippen LogP contribution in [0.5, 0.6) is 11.5 Å². The van der Waals surface area contributed by atoms with Gasteiger partial charge in [0.05, 0.1) is 6.07 Å². The van der Waals surface area contributed by atoms with E-state index in [-0.39, 0.29) is 34.2 Å². The molecule has 2 aliphatic carbocycles. The molecule has 0 radical (unpaired) electrons. The summed E-state index contributed by atoms with van der Waals surface area (Å²) in [5, 5.41) is 10.5. The van der Waals surface area contributed by atoms with Crippen molar-refractivity contribution in [3.8, 4) is 17.6 Å². The highest BCUT2D eigenvalue weighted by atomic mass is 32.2. The van der Waals surface area contributed by atoms with E-state index in [4.69, 9.17) is 4.74 Å². The van der Waals surface area contributed by atoms with E-state index >= 15 is 0 Å². The Morgan fingerprint density at radius 2 is 1.68 bits per heavy atom. The van der Waals surface area contributed by atoms with E-state index in [2.05, 4.69) is 31.7 Å². The number of hydrogen-bond acceptors (Lipinski definition) is 6. The van der Waals surface area contributed by atoms with E-state index in [0.717, 1.165) is 30.5 Å². The third-order valence-electron chi connectivity index (χ3n) is 10.2. The van der Waals surface area contributed by atoms with Crippen LogP contribution in [0.1, 0.15) is 57.2 Å². The lowest BCUT2D eigenvalue weighted by Crippen LogP contribution is -2.48. The number of ether oxygens (including phenoxy) is 1. The van der Waals surface area contributed by atoms with Gasteiger partial charge in [-0.1, -0.05) is 39.8 Å². The molecule has 5 rings (SSSR count). The van der Waals surface area contributed by atoms with Crippen LogP contribution in [-0.4, -0.2) is 56.1 Å². The molecule has 3 aliphatic rings. The molecular weight excluding hydrogens is 522 g/mol. The largest absolute Gasteiger partial charge is 0.456 e. The second-order valence-electron chi connectivity index (χ2n) is 12.8. The van der Waals surface area contributed by atoms with Gasteiger partial charge in [-0.15, -0.1) is 0 Å². The monoisotopic (exact) mass is 563 g/mol. The van der Waals surface area contributed by atoms with Crippen LogP contribution in [0.3, 0.4) is 0 Å². The highest BCUT2D eigenvalue weighted by Gasteiger charge is 2.73. The summed E-state index contributed by atoms with van der Waals surface area (Å²) < 4.78 is 36.0. The Balaban J connectivity index is 1.56. The van der Waals surface area contributed by atoms with Crippen molar-refractivity contribution in [3.63, 3.8) is 0 Å². The van der Waals surface area contributed by atoms with Crippen LogP contribution in [0.2, 0.25) is 0 Å². The molecule has 7 nitrogen and oxygen atoms in total.